The van der Waals surface area contributed by atoms with Crippen LogP contribution in [0.25, 0.3) is 0 Å². The highest BCUT2D eigenvalue weighted by atomic mass is 19.1. The maximum atomic E-state index is 12.2. The van der Waals surface area contributed by atoms with Crippen LogP contribution in [0.2, 0.25) is 0 Å². The molecule has 0 aromatic rings. The smallest absolute Gasteiger partial charge is 0.121 e. The zero-order valence-electron chi connectivity index (χ0n) is 6.44. The van der Waals surface area contributed by atoms with Crippen LogP contribution in [0.15, 0.2) is 11.9 Å². The van der Waals surface area contributed by atoms with Gasteiger partial charge in [-0.25, -0.2) is 4.39 Å². The lowest BCUT2D eigenvalue weighted by atomic mass is 10.2. The minimum absolute atomic E-state index is 0.406. The highest BCUT2D eigenvalue weighted by Gasteiger charge is 1.88. The third-order valence-electron chi connectivity index (χ3n) is 1.32. The summed E-state index contributed by atoms with van der Waals surface area (Å²) in [7, 11) is 0. The molecule has 0 unspecified atom stereocenters. The van der Waals surface area contributed by atoms with Crippen molar-refractivity contribution in [2.24, 2.45) is 0 Å². The molecule has 0 aliphatic rings. The molecule has 0 saturated heterocycles. The van der Waals surface area contributed by atoms with Crippen molar-refractivity contribution in [3.8, 4) is 0 Å². The van der Waals surface area contributed by atoms with Gasteiger partial charge in [0.2, 0.25) is 0 Å². The lowest BCUT2D eigenvalue weighted by Gasteiger charge is -1.92. The third-order valence-corrected chi connectivity index (χ3v) is 1.32. The van der Waals surface area contributed by atoms with Crippen LogP contribution in [0, 0.1) is 0 Å². The van der Waals surface area contributed by atoms with Gasteiger partial charge in [0.15, 0.2) is 0 Å². The first kappa shape index (κ1) is 9.63. The Morgan fingerprint density at radius 3 is 2.70 bits per heavy atom. The van der Waals surface area contributed by atoms with Gasteiger partial charge in [-0.2, -0.15) is 0 Å². The van der Waals surface area contributed by atoms with E-state index >= 15 is 0 Å². The third kappa shape index (κ3) is 5.76. The van der Waals surface area contributed by atoms with Crippen LogP contribution in [-0.2, 0) is 0 Å². The molecule has 0 heterocycles. The van der Waals surface area contributed by atoms with Gasteiger partial charge in [0.1, 0.15) is 5.83 Å². The standard InChI is InChI=1S/C8H15FO/c1-2-3-4-5-6-8(9)7-10/h6,10H,2-5,7H2,1H3/b8-6-. The van der Waals surface area contributed by atoms with Gasteiger partial charge in [-0.3, -0.25) is 0 Å². The molecule has 0 bridgehead atoms. The molecule has 0 fully saturated rings. The molecule has 0 spiro atoms. The highest BCUT2D eigenvalue weighted by molar-refractivity contribution is 4.90. The SMILES string of the molecule is CCCCC/C=C(\F)CO. The van der Waals surface area contributed by atoms with Crippen molar-refractivity contribution in [1.29, 1.82) is 0 Å². The van der Waals surface area contributed by atoms with Crippen molar-refractivity contribution in [2.45, 2.75) is 32.6 Å². The molecule has 0 atom stereocenters. The van der Waals surface area contributed by atoms with Crippen molar-refractivity contribution in [2.75, 3.05) is 6.61 Å². The molecule has 0 rings (SSSR count). The maximum Gasteiger partial charge on any atom is 0.121 e. The second-order valence-corrected chi connectivity index (χ2v) is 2.30. The topological polar surface area (TPSA) is 20.2 Å². The summed E-state index contributed by atoms with van der Waals surface area (Å²) >= 11 is 0. The highest BCUT2D eigenvalue weighted by Crippen LogP contribution is 2.03. The van der Waals surface area contributed by atoms with Crippen LogP contribution in [-0.4, -0.2) is 11.7 Å². The Balaban J connectivity index is 3.16. The van der Waals surface area contributed by atoms with Crippen molar-refractivity contribution in [3.05, 3.63) is 11.9 Å². The summed E-state index contributed by atoms with van der Waals surface area (Å²) in [5.74, 6) is -0.406. The van der Waals surface area contributed by atoms with E-state index in [-0.39, 0.29) is 0 Å². The van der Waals surface area contributed by atoms with Crippen LogP contribution in [0.5, 0.6) is 0 Å². The molecule has 60 valence electrons. The van der Waals surface area contributed by atoms with Crippen molar-refractivity contribution < 1.29 is 9.50 Å². The van der Waals surface area contributed by atoms with E-state index in [9.17, 15) is 4.39 Å². The Labute approximate surface area is 61.6 Å². The minimum Gasteiger partial charge on any atom is -0.389 e. The minimum atomic E-state index is -0.452. The van der Waals surface area contributed by atoms with Gasteiger partial charge >= 0.3 is 0 Å². The Hall–Kier alpha value is -0.370. The summed E-state index contributed by atoms with van der Waals surface area (Å²) in [5.41, 5.74) is 0. The van der Waals surface area contributed by atoms with Gasteiger partial charge in [-0.05, 0) is 12.8 Å². The molecule has 0 aromatic carbocycles. The predicted octanol–water partition coefficient (Wildman–Crippen LogP) is 2.41. The Kier molecular flexibility index (Phi) is 6.50. The van der Waals surface area contributed by atoms with Crippen LogP contribution >= 0.6 is 0 Å². The molecule has 0 aliphatic heterocycles. The largest absolute Gasteiger partial charge is 0.389 e. The normalized spacial score (nSPS) is 12.1. The second kappa shape index (κ2) is 6.75. The average Bonchev–Trinajstić information content (AvgIpc) is 1.98. The fourth-order valence-electron chi connectivity index (χ4n) is 0.718. The fraction of sp³-hybridized carbons (Fsp3) is 0.750. The van der Waals surface area contributed by atoms with Crippen LogP contribution in [0.4, 0.5) is 4.39 Å². The van der Waals surface area contributed by atoms with Gasteiger partial charge in [0.05, 0.1) is 6.61 Å². The van der Waals surface area contributed by atoms with Gasteiger partial charge < -0.3 is 5.11 Å². The number of hydrogen-bond acceptors (Lipinski definition) is 1. The summed E-state index contributed by atoms with van der Waals surface area (Å²) in [6, 6.07) is 0. The Morgan fingerprint density at radius 1 is 1.50 bits per heavy atom. The molecule has 1 N–H and O–H groups in total. The molecular formula is C8H15FO. The van der Waals surface area contributed by atoms with Crippen molar-refractivity contribution >= 4 is 0 Å². The quantitative estimate of drug-likeness (QED) is 0.590. The van der Waals surface area contributed by atoms with Gasteiger partial charge in [-0.1, -0.05) is 25.8 Å². The molecule has 2 heteroatoms. The Bertz CT molecular complexity index is 99.4. The summed E-state index contributed by atoms with van der Waals surface area (Å²) in [5, 5.41) is 8.25. The summed E-state index contributed by atoms with van der Waals surface area (Å²) in [4.78, 5) is 0. The number of rotatable bonds is 5. The summed E-state index contributed by atoms with van der Waals surface area (Å²) < 4.78 is 12.2. The maximum absolute atomic E-state index is 12.2. The molecule has 10 heavy (non-hydrogen) atoms. The van der Waals surface area contributed by atoms with Crippen LogP contribution < -0.4 is 0 Å². The van der Waals surface area contributed by atoms with E-state index in [4.69, 9.17) is 5.11 Å². The average molecular weight is 146 g/mol. The van der Waals surface area contributed by atoms with Crippen molar-refractivity contribution in [3.63, 3.8) is 0 Å². The van der Waals surface area contributed by atoms with Gasteiger partial charge in [-0.15, -0.1) is 0 Å². The number of hydrogen-bond donors (Lipinski definition) is 1. The first-order valence-corrected chi connectivity index (χ1v) is 3.76. The second-order valence-electron chi connectivity index (χ2n) is 2.30. The Morgan fingerprint density at radius 2 is 2.20 bits per heavy atom. The number of aliphatic hydroxyl groups is 1. The van der Waals surface area contributed by atoms with Crippen LogP contribution in [0.3, 0.4) is 0 Å². The summed E-state index contributed by atoms with van der Waals surface area (Å²) in [6.45, 7) is 1.65. The van der Waals surface area contributed by atoms with Gasteiger partial charge in [0.25, 0.3) is 0 Å². The van der Waals surface area contributed by atoms with E-state index in [0.29, 0.717) is 0 Å². The van der Waals surface area contributed by atoms with E-state index < -0.39 is 12.4 Å². The summed E-state index contributed by atoms with van der Waals surface area (Å²) in [6.07, 6.45) is 5.50. The van der Waals surface area contributed by atoms with Crippen molar-refractivity contribution in [1.82, 2.24) is 0 Å². The van der Waals surface area contributed by atoms with E-state index in [1.807, 2.05) is 0 Å². The molecule has 0 amide bonds. The monoisotopic (exact) mass is 146 g/mol. The van der Waals surface area contributed by atoms with E-state index in [0.717, 1.165) is 25.7 Å². The first-order valence-electron chi connectivity index (χ1n) is 3.76. The zero-order valence-corrected chi connectivity index (χ0v) is 6.44. The molecule has 0 radical (unpaired) electrons. The van der Waals surface area contributed by atoms with Gasteiger partial charge in [0, 0.05) is 0 Å². The number of allylic oxidation sites excluding steroid dienone is 1. The number of halogens is 1. The first-order chi connectivity index (χ1) is 4.81. The van der Waals surface area contributed by atoms with E-state index in [1.165, 1.54) is 6.08 Å². The molecule has 1 nitrogen and oxygen atoms in total. The molecule has 0 aliphatic carbocycles. The lowest BCUT2D eigenvalue weighted by Crippen LogP contribution is -1.81. The molecule has 0 aromatic heterocycles. The zero-order chi connectivity index (χ0) is 7.82. The molecule has 0 saturated carbocycles. The fourth-order valence-corrected chi connectivity index (χ4v) is 0.718. The predicted molar refractivity (Wildman–Crippen MR) is 40.4 cm³/mol. The number of aliphatic hydroxyl groups excluding tert-OH is 1. The van der Waals surface area contributed by atoms with Crippen LogP contribution in [0.1, 0.15) is 32.6 Å². The molecular weight excluding hydrogens is 131 g/mol. The number of unbranched alkanes of at least 4 members (excludes halogenated alkanes) is 3. The van der Waals surface area contributed by atoms with E-state index in [2.05, 4.69) is 6.92 Å². The lowest BCUT2D eigenvalue weighted by molar-refractivity contribution is 0.297. The van der Waals surface area contributed by atoms with E-state index in [1.54, 1.807) is 0 Å².